The van der Waals surface area contributed by atoms with Gasteiger partial charge in [-0.2, -0.15) is 15.0 Å². The molecule has 0 aliphatic heterocycles. The second-order valence-corrected chi connectivity index (χ2v) is 16.2. The van der Waals surface area contributed by atoms with Crippen molar-refractivity contribution in [3.05, 3.63) is 0 Å². The molecule has 0 aliphatic carbocycles. The van der Waals surface area contributed by atoms with Crippen LogP contribution in [0.25, 0.3) is 0 Å². The summed E-state index contributed by atoms with van der Waals surface area (Å²) in [5, 5.41) is 10.3. The van der Waals surface area contributed by atoms with Gasteiger partial charge in [0.25, 0.3) is 0 Å². The Morgan fingerprint density at radius 3 is 1.04 bits per heavy atom. The van der Waals surface area contributed by atoms with E-state index in [0.29, 0.717) is 31.1 Å². The Kier molecular flexibility index (Phi) is 28.4. The highest BCUT2D eigenvalue weighted by Gasteiger charge is 2.29. The van der Waals surface area contributed by atoms with Crippen LogP contribution in [0.5, 0.6) is 0 Å². The van der Waals surface area contributed by atoms with Crippen molar-refractivity contribution in [3.8, 4) is 0 Å². The van der Waals surface area contributed by atoms with E-state index in [2.05, 4.69) is 32.5 Å². The lowest BCUT2D eigenvalue weighted by molar-refractivity contribution is 0.188. The molecule has 0 aliphatic rings. The first kappa shape index (κ1) is 42.5. The van der Waals surface area contributed by atoms with Crippen LogP contribution >= 0.6 is 0 Å². The minimum atomic E-state index is -2.12. The summed E-state index contributed by atoms with van der Waals surface area (Å²) in [5.74, 6) is 1.91. The Morgan fingerprint density at radius 2 is 0.739 bits per heavy atom. The van der Waals surface area contributed by atoms with E-state index >= 15 is 0 Å². The fourth-order valence-electron chi connectivity index (χ4n) is 5.79. The summed E-state index contributed by atoms with van der Waals surface area (Å²) < 4.78 is 12.0. The molecule has 0 amide bonds. The van der Waals surface area contributed by atoms with E-state index < -0.39 is 8.56 Å². The summed E-state index contributed by atoms with van der Waals surface area (Å²) >= 11 is 0. The first-order valence-corrected chi connectivity index (χ1v) is 21.7. The minimum Gasteiger partial charge on any atom is -0.395 e. The number of nitrogens with zero attached hydrogens (tertiary/aromatic N) is 3. The first-order valence-electron chi connectivity index (χ1n) is 19.2. The minimum absolute atomic E-state index is 0.620. The number of rotatable bonds is 35. The molecular formula is C35H74N8O2Si. The van der Waals surface area contributed by atoms with Gasteiger partial charge in [0.2, 0.25) is 17.8 Å². The highest BCUT2D eigenvalue weighted by atomic mass is 28.4. The van der Waals surface area contributed by atoms with Crippen LogP contribution in [0.4, 0.5) is 17.8 Å². The van der Waals surface area contributed by atoms with Crippen LogP contribution in [0.2, 0.25) is 12.6 Å². The monoisotopic (exact) mass is 667 g/mol. The maximum atomic E-state index is 6.00. The van der Waals surface area contributed by atoms with Crippen LogP contribution < -0.4 is 27.4 Å². The molecule has 0 bridgehead atoms. The van der Waals surface area contributed by atoms with Crippen molar-refractivity contribution in [1.82, 2.24) is 15.0 Å². The lowest BCUT2D eigenvalue weighted by Gasteiger charge is -2.25. The smallest absolute Gasteiger partial charge is 0.334 e. The largest absolute Gasteiger partial charge is 0.395 e. The summed E-state index contributed by atoms with van der Waals surface area (Å²) in [4.78, 5) is 14.1. The van der Waals surface area contributed by atoms with Crippen molar-refractivity contribution in [2.45, 2.75) is 161 Å². The van der Waals surface area contributed by atoms with Gasteiger partial charge in [-0.3, -0.25) is 0 Å². The first-order chi connectivity index (χ1) is 22.6. The molecule has 1 rings (SSSR count). The Morgan fingerprint density at radius 1 is 0.457 bits per heavy atom. The van der Waals surface area contributed by atoms with Crippen molar-refractivity contribution in [3.63, 3.8) is 0 Å². The van der Waals surface area contributed by atoms with Crippen molar-refractivity contribution < 1.29 is 8.85 Å². The molecule has 1 aromatic rings. The van der Waals surface area contributed by atoms with Gasteiger partial charge in [-0.25, -0.2) is 0 Å². The van der Waals surface area contributed by atoms with Crippen LogP contribution in [-0.4, -0.2) is 69.5 Å². The number of nitrogens with one attached hydrogen (secondary N) is 3. The zero-order valence-corrected chi connectivity index (χ0v) is 31.3. The van der Waals surface area contributed by atoms with Crippen molar-refractivity contribution in [1.29, 1.82) is 0 Å². The van der Waals surface area contributed by atoms with Crippen molar-refractivity contribution >= 4 is 26.4 Å². The molecule has 270 valence electrons. The number of anilines is 3. The third kappa shape index (κ3) is 24.6. The topological polar surface area (TPSA) is 145 Å². The lowest BCUT2D eigenvalue weighted by atomic mass is 10.1. The van der Waals surface area contributed by atoms with E-state index in [-0.39, 0.29) is 0 Å². The molecule has 0 saturated carbocycles. The van der Waals surface area contributed by atoms with Gasteiger partial charge in [0.1, 0.15) is 0 Å². The Bertz CT molecular complexity index is 756. The van der Waals surface area contributed by atoms with Gasteiger partial charge in [-0.15, -0.1) is 0 Å². The van der Waals surface area contributed by atoms with Gasteiger partial charge in [-0.05, 0) is 71.6 Å². The summed E-state index contributed by atoms with van der Waals surface area (Å²) in [7, 11) is -2.12. The standard InChI is InChI=1S/C35H74N8O2Si/c1-4-44-46(3,45-5-2)32-26-31-40-35-42-33(38-29-24-20-16-12-8-6-10-14-18-22-27-36)41-34(43-35)39-30-25-21-17-13-9-7-11-15-19-23-28-37/h4-32,36-37H2,1-3H3,(H3,38,39,40,41,42,43). The van der Waals surface area contributed by atoms with E-state index in [1.165, 1.54) is 116 Å². The lowest BCUT2D eigenvalue weighted by Crippen LogP contribution is -2.39. The zero-order valence-electron chi connectivity index (χ0n) is 30.3. The molecule has 46 heavy (non-hydrogen) atoms. The zero-order chi connectivity index (χ0) is 33.4. The van der Waals surface area contributed by atoms with Gasteiger partial charge in [0, 0.05) is 32.8 Å². The SMILES string of the molecule is CCO[Si](C)(CCCNc1nc(NCCCCCCCCCCCCN)nc(NCCCCCCCCCCCCN)n1)OCC. The third-order valence-electron chi connectivity index (χ3n) is 8.45. The quantitative estimate of drug-likeness (QED) is 0.0354. The van der Waals surface area contributed by atoms with Crippen LogP contribution in [-0.2, 0) is 8.85 Å². The number of nitrogens with two attached hydrogens (primary N) is 2. The molecule has 0 fully saturated rings. The molecule has 0 radical (unpaired) electrons. The van der Waals surface area contributed by atoms with Crippen LogP contribution in [0.15, 0.2) is 0 Å². The molecule has 10 nitrogen and oxygen atoms in total. The number of unbranched alkanes of at least 4 members (excludes halogenated alkanes) is 18. The van der Waals surface area contributed by atoms with Gasteiger partial charge in [-0.1, -0.05) is 103 Å². The fourth-order valence-corrected chi connectivity index (χ4v) is 8.20. The molecule has 0 atom stereocenters. The Labute approximate surface area is 284 Å². The second-order valence-electron chi connectivity index (χ2n) is 12.8. The molecule has 1 aromatic heterocycles. The molecule has 1 heterocycles. The maximum Gasteiger partial charge on any atom is 0.334 e. The summed E-state index contributed by atoms with van der Waals surface area (Å²) in [6, 6.07) is 0.936. The normalized spacial score (nSPS) is 11.7. The number of hydrogen-bond acceptors (Lipinski definition) is 10. The Balaban J connectivity index is 2.44. The highest BCUT2D eigenvalue weighted by molar-refractivity contribution is 6.66. The summed E-state index contributed by atoms with van der Waals surface area (Å²) in [6.45, 7) is 11.8. The number of hydrogen-bond donors (Lipinski definition) is 5. The van der Waals surface area contributed by atoms with E-state index in [1.54, 1.807) is 0 Å². The predicted octanol–water partition coefficient (Wildman–Crippen LogP) is 8.36. The molecule has 11 heteroatoms. The second kappa shape index (κ2) is 30.8. The van der Waals surface area contributed by atoms with E-state index in [0.717, 1.165) is 58.0 Å². The summed E-state index contributed by atoms with van der Waals surface area (Å²) in [5.41, 5.74) is 11.2. The van der Waals surface area contributed by atoms with Gasteiger partial charge in [0.05, 0.1) is 0 Å². The van der Waals surface area contributed by atoms with Crippen molar-refractivity contribution in [2.24, 2.45) is 11.5 Å². The van der Waals surface area contributed by atoms with Gasteiger partial charge in [0.15, 0.2) is 0 Å². The third-order valence-corrected chi connectivity index (χ3v) is 11.5. The molecule has 0 spiro atoms. The van der Waals surface area contributed by atoms with Crippen LogP contribution in [0.3, 0.4) is 0 Å². The maximum absolute atomic E-state index is 6.00. The van der Waals surface area contributed by atoms with E-state index in [1.807, 2.05) is 13.8 Å². The average Bonchev–Trinajstić information content (AvgIpc) is 3.04. The van der Waals surface area contributed by atoms with Crippen LogP contribution in [0, 0.1) is 0 Å². The fraction of sp³-hybridized carbons (Fsp3) is 0.914. The van der Waals surface area contributed by atoms with Crippen molar-refractivity contribution in [2.75, 3.05) is 61.9 Å². The van der Waals surface area contributed by atoms with Gasteiger partial charge >= 0.3 is 8.56 Å². The molecule has 0 aromatic carbocycles. The summed E-state index contributed by atoms with van der Waals surface area (Å²) in [6.07, 6.45) is 26.6. The number of aromatic nitrogens is 3. The highest BCUT2D eigenvalue weighted by Crippen LogP contribution is 2.17. The molecule has 0 saturated heterocycles. The van der Waals surface area contributed by atoms with Crippen LogP contribution in [0.1, 0.15) is 149 Å². The molecular weight excluding hydrogens is 593 g/mol. The predicted molar refractivity (Wildman–Crippen MR) is 200 cm³/mol. The van der Waals surface area contributed by atoms with E-state index in [4.69, 9.17) is 25.3 Å². The molecule has 0 unspecified atom stereocenters. The van der Waals surface area contributed by atoms with E-state index in [9.17, 15) is 0 Å². The van der Waals surface area contributed by atoms with Gasteiger partial charge < -0.3 is 36.3 Å². The average molecular weight is 667 g/mol. The Hall–Kier alpha value is -1.53. The molecule has 7 N–H and O–H groups in total.